The lowest BCUT2D eigenvalue weighted by molar-refractivity contribution is 0.621. The van der Waals surface area contributed by atoms with E-state index in [1.165, 1.54) is 36.2 Å². The molecule has 1 aromatic heterocycles. The number of nitrogens with two attached hydrogens (primary N) is 2. The Morgan fingerprint density at radius 3 is 2.69 bits per heavy atom. The molecule has 1 fully saturated rings. The van der Waals surface area contributed by atoms with E-state index in [4.69, 9.17) is 11.5 Å². The zero-order valence-electron chi connectivity index (χ0n) is 9.45. The minimum Gasteiger partial charge on any atom is -0.368 e. The topological polar surface area (TPSA) is 77.8 Å². The van der Waals surface area contributed by atoms with Crippen LogP contribution in [0.5, 0.6) is 0 Å². The summed E-state index contributed by atoms with van der Waals surface area (Å²) in [6.45, 7) is 0.749. The summed E-state index contributed by atoms with van der Waals surface area (Å²) in [7, 11) is 0. The molecule has 1 heterocycles. The van der Waals surface area contributed by atoms with Gasteiger partial charge in [-0.25, -0.2) is 9.97 Å². The van der Waals surface area contributed by atoms with Crippen molar-refractivity contribution in [2.45, 2.75) is 43.9 Å². The van der Waals surface area contributed by atoms with Gasteiger partial charge in [-0.2, -0.15) is 0 Å². The van der Waals surface area contributed by atoms with Gasteiger partial charge in [-0.05, 0) is 50.1 Å². The molecule has 1 atom stereocenters. The third-order valence-electron chi connectivity index (χ3n) is 3.69. The van der Waals surface area contributed by atoms with Gasteiger partial charge in [0.15, 0.2) is 0 Å². The van der Waals surface area contributed by atoms with E-state index < -0.39 is 0 Å². The highest BCUT2D eigenvalue weighted by Crippen LogP contribution is 2.46. The SMILES string of the molecule is NCCC1CCc2nc(N)nc(C3CC3)c21. The van der Waals surface area contributed by atoms with Crippen LogP contribution < -0.4 is 11.5 Å². The summed E-state index contributed by atoms with van der Waals surface area (Å²) in [6, 6.07) is 0. The Labute approximate surface area is 95.5 Å². The van der Waals surface area contributed by atoms with Crippen LogP contribution in [0.25, 0.3) is 0 Å². The summed E-state index contributed by atoms with van der Waals surface area (Å²) in [5.41, 5.74) is 15.3. The van der Waals surface area contributed by atoms with E-state index in [2.05, 4.69) is 9.97 Å². The fraction of sp³-hybridized carbons (Fsp3) is 0.667. The first kappa shape index (κ1) is 10.0. The average Bonchev–Trinajstić information content (AvgIpc) is 3.02. The number of rotatable bonds is 3. The van der Waals surface area contributed by atoms with Crippen LogP contribution in [0.2, 0.25) is 0 Å². The van der Waals surface area contributed by atoms with Crippen LogP contribution in [0.15, 0.2) is 0 Å². The van der Waals surface area contributed by atoms with Crippen LogP contribution in [0.3, 0.4) is 0 Å². The van der Waals surface area contributed by atoms with Crippen molar-refractivity contribution in [3.05, 3.63) is 17.0 Å². The molecule has 0 saturated heterocycles. The number of anilines is 1. The molecule has 1 saturated carbocycles. The minimum absolute atomic E-state index is 0.453. The summed E-state index contributed by atoms with van der Waals surface area (Å²) in [4.78, 5) is 8.85. The first-order valence-electron chi connectivity index (χ1n) is 6.16. The molecule has 0 bridgehead atoms. The van der Waals surface area contributed by atoms with Crippen LogP contribution >= 0.6 is 0 Å². The van der Waals surface area contributed by atoms with Crippen molar-refractivity contribution in [2.24, 2.45) is 5.73 Å². The van der Waals surface area contributed by atoms with E-state index in [9.17, 15) is 0 Å². The van der Waals surface area contributed by atoms with Gasteiger partial charge in [-0.3, -0.25) is 0 Å². The summed E-state index contributed by atoms with van der Waals surface area (Å²) >= 11 is 0. The van der Waals surface area contributed by atoms with E-state index in [-0.39, 0.29) is 0 Å². The van der Waals surface area contributed by atoms with Crippen LogP contribution in [0, 0.1) is 0 Å². The Morgan fingerprint density at radius 1 is 1.19 bits per heavy atom. The Balaban J connectivity index is 2.04. The Morgan fingerprint density at radius 2 is 2.00 bits per heavy atom. The number of aromatic nitrogens is 2. The highest BCUT2D eigenvalue weighted by atomic mass is 15.0. The van der Waals surface area contributed by atoms with Gasteiger partial charge in [-0.1, -0.05) is 0 Å². The van der Waals surface area contributed by atoms with Crippen molar-refractivity contribution in [1.29, 1.82) is 0 Å². The maximum Gasteiger partial charge on any atom is 0.220 e. The van der Waals surface area contributed by atoms with Gasteiger partial charge in [0.25, 0.3) is 0 Å². The normalized spacial score (nSPS) is 23.4. The van der Waals surface area contributed by atoms with E-state index in [0.717, 1.165) is 19.4 Å². The molecule has 0 amide bonds. The highest BCUT2D eigenvalue weighted by Gasteiger charge is 2.34. The fourth-order valence-electron chi connectivity index (χ4n) is 2.80. The molecule has 1 unspecified atom stereocenters. The van der Waals surface area contributed by atoms with Crippen molar-refractivity contribution in [3.8, 4) is 0 Å². The van der Waals surface area contributed by atoms with E-state index in [0.29, 0.717) is 17.8 Å². The van der Waals surface area contributed by atoms with Gasteiger partial charge in [-0.15, -0.1) is 0 Å². The van der Waals surface area contributed by atoms with Gasteiger partial charge in [0.2, 0.25) is 5.95 Å². The van der Waals surface area contributed by atoms with Crippen molar-refractivity contribution in [2.75, 3.05) is 12.3 Å². The average molecular weight is 218 g/mol. The van der Waals surface area contributed by atoms with Gasteiger partial charge in [0.05, 0.1) is 5.69 Å². The van der Waals surface area contributed by atoms with E-state index in [1.54, 1.807) is 0 Å². The summed E-state index contributed by atoms with van der Waals surface area (Å²) in [6.07, 6.45) is 5.80. The van der Waals surface area contributed by atoms with Crippen molar-refractivity contribution < 1.29 is 0 Å². The van der Waals surface area contributed by atoms with Gasteiger partial charge in [0, 0.05) is 11.6 Å². The maximum absolute atomic E-state index is 5.77. The molecule has 3 rings (SSSR count). The molecule has 2 aliphatic rings. The van der Waals surface area contributed by atoms with E-state index in [1.807, 2.05) is 0 Å². The molecule has 4 heteroatoms. The first-order valence-corrected chi connectivity index (χ1v) is 6.16. The molecule has 0 radical (unpaired) electrons. The number of nitrogens with zero attached hydrogens (tertiary/aromatic N) is 2. The van der Waals surface area contributed by atoms with Gasteiger partial charge < -0.3 is 11.5 Å². The number of aryl methyl sites for hydroxylation is 1. The second-order valence-corrected chi connectivity index (χ2v) is 4.91. The zero-order chi connectivity index (χ0) is 11.1. The summed E-state index contributed by atoms with van der Waals surface area (Å²) in [5.74, 6) is 1.68. The van der Waals surface area contributed by atoms with Crippen molar-refractivity contribution >= 4 is 5.95 Å². The minimum atomic E-state index is 0.453. The lowest BCUT2D eigenvalue weighted by atomic mass is 9.96. The van der Waals surface area contributed by atoms with Gasteiger partial charge >= 0.3 is 0 Å². The monoisotopic (exact) mass is 218 g/mol. The standard InChI is InChI=1S/C12H18N4/c13-6-5-7-3-4-9-10(7)11(8-1-2-8)16-12(14)15-9/h7-8H,1-6,13H2,(H2,14,15,16). The lowest BCUT2D eigenvalue weighted by Crippen LogP contribution is -2.09. The predicted molar refractivity (Wildman–Crippen MR) is 63.2 cm³/mol. The lowest BCUT2D eigenvalue weighted by Gasteiger charge is -2.14. The smallest absolute Gasteiger partial charge is 0.220 e. The van der Waals surface area contributed by atoms with Crippen molar-refractivity contribution in [1.82, 2.24) is 9.97 Å². The number of hydrogen-bond acceptors (Lipinski definition) is 4. The van der Waals surface area contributed by atoms with Crippen LogP contribution in [-0.4, -0.2) is 16.5 Å². The second kappa shape index (κ2) is 3.70. The predicted octanol–water partition coefficient (Wildman–Crippen LogP) is 1.31. The molecule has 4 N–H and O–H groups in total. The highest BCUT2D eigenvalue weighted by molar-refractivity contribution is 5.41. The third kappa shape index (κ3) is 1.57. The Bertz CT molecular complexity index is 412. The molecule has 0 spiro atoms. The van der Waals surface area contributed by atoms with Gasteiger partial charge in [0.1, 0.15) is 0 Å². The molecule has 0 aliphatic heterocycles. The second-order valence-electron chi connectivity index (χ2n) is 4.91. The number of fused-ring (bicyclic) bond motifs is 1. The molecule has 0 aromatic carbocycles. The molecule has 2 aliphatic carbocycles. The number of hydrogen-bond donors (Lipinski definition) is 2. The molecule has 1 aromatic rings. The van der Waals surface area contributed by atoms with E-state index >= 15 is 0 Å². The van der Waals surface area contributed by atoms with Crippen molar-refractivity contribution in [3.63, 3.8) is 0 Å². The quantitative estimate of drug-likeness (QED) is 0.802. The molecule has 16 heavy (non-hydrogen) atoms. The fourth-order valence-corrected chi connectivity index (χ4v) is 2.80. The summed E-state index contributed by atoms with van der Waals surface area (Å²) < 4.78 is 0. The largest absolute Gasteiger partial charge is 0.368 e. The summed E-state index contributed by atoms with van der Waals surface area (Å²) in [5, 5.41) is 0. The zero-order valence-corrected chi connectivity index (χ0v) is 9.45. The molecule has 86 valence electrons. The Hall–Kier alpha value is -1.16. The first-order chi connectivity index (χ1) is 7.79. The van der Waals surface area contributed by atoms with Crippen LogP contribution in [-0.2, 0) is 6.42 Å². The third-order valence-corrected chi connectivity index (χ3v) is 3.69. The Kier molecular flexibility index (Phi) is 2.32. The maximum atomic E-state index is 5.77. The van der Waals surface area contributed by atoms with Crippen LogP contribution in [0.4, 0.5) is 5.95 Å². The molecular weight excluding hydrogens is 200 g/mol. The molecule has 4 nitrogen and oxygen atoms in total. The molecular formula is C12H18N4. The number of nitrogen functional groups attached to an aromatic ring is 1. The van der Waals surface area contributed by atoms with Crippen LogP contribution in [0.1, 0.15) is 54.5 Å².